The van der Waals surface area contributed by atoms with Gasteiger partial charge in [0.1, 0.15) is 18.0 Å². The third kappa shape index (κ3) is 6.56. The van der Waals surface area contributed by atoms with Crippen LogP contribution in [0.4, 0.5) is 0 Å². The van der Waals surface area contributed by atoms with Crippen LogP contribution in [0.2, 0.25) is 0 Å². The number of nitrogens with zero attached hydrogens (tertiary/aromatic N) is 1. The lowest BCUT2D eigenvalue weighted by atomic mass is 9.85. The molecule has 1 aliphatic heterocycles. The van der Waals surface area contributed by atoms with E-state index in [1.807, 2.05) is 68.4 Å². The van der Waals surface area contributed by atoms with E-state index >= 15 is 0 Å². The van der Waals surface area contributed by atoms with Crippen LogP contribution in [-0.4, -0.2) is 61.3 Å². The van der Waals surface area contributed by atoms with E-state index in [1.54, 1.807) is 14.2 Å². The van der Waals surface area contributed by atoms with Crippen molar-refractivity contribution in [3.05, 3.63) is 65.7 Å². The molecular weight excluding hydrogens is 436 g/mol. The second-order valence-electron chi connectivity index (χ2n) is 9.20. The molecule has 2 aromatic carbocycles. The molecule has 1 heterocycles. The quantitative estimate of drug-likeness (QED) is 0.585. The van der Waals surface area contributed by atoms with Crippen LogP contribution in [-0.2, 0) is 25.6 Å². The van der Waals surface area contributed by atoms with E-state index in [2.05, 4.69) is 5.32 Å². The zero-order chi connectivity index (χ0) is 24.7. The molecule has 0 aromatic heterocycles. The number of benzene rings is 2. The predicted molar refractivity (Wildman–Crippen MR) is 127 cm³/mol. The van der Waals surface area contributed by atoms with E-state index in [0.717, 1.165) is 16.9 Å². The monoisotopic (exact) mass is 470 g/mol. The molecule has 3 rings (SSSR count). The van der Waals surface area contributed by atoms with Crippen LogP contribution in [0.5, 0.6) is 5.75 Å². The van der Waals surface area contributed by atoms with E-state index in [4.69, 9.17) is 14.2 Å². The van der Waals surface area contributed by atoms with Crippen molar-refractivity contribution in [2.75, 3.05) is 27.3 Å². The van der Waals surface area contributed by atoms with Crippen LogP contribution < -0.4 is 10.1 Å². The maximum atomic E-state index is 12.9. The molecule has 0 aliphatic carbocycles. The van der Waals surface area contributed by atoms with Gasteiger partial charge in [-0.1, -0.05) is 56.3 Å². The van der Waals surface area contributed by atoms with Crippen molar-refractivity contribution >= 4 is 11.8 Å². The van der Waals surface area contributed by atoms with Gasteiger partial charge in [-0.25, -0.2) is 0 Å². The molecule has 1 aliphatic rings. The Balaban J connectivity index is 1.51. The van der Waals surface area contributed by atoms with Crippen LogP contribution in [0.25, 0.3) is 0 Å². The molecule has 2 amide bonds. The molecule has 2 N–H and O–H groups in total. The SMILES string of the molecule is COc1ccc(C2OCC(C)(C)[C@H](C(=O)NCCC(O)C(=O)N(C)Cc3ccccc3)O2)cc1. The molecule has 2 aromatic rings. The summed E-state index contributed by atoms with van der Waals surface area (Å²) in [5, 5.41) is 13.1. The van der Waals surface area contributed by atoms with Gasteiger partial charge in [-0.05, 0) is 24.1 Å². The smallest absolute Gasteiger partial charge is 0.251 e. The minimum absolute atomic E-state index is 0.106. The Bertz CT molecular complexity index is 948. The van der Waals surface area contributed by atoms with E-state index < -0.39 is 23.9 Å². The van der Waals surface area contributed by atoms with Gasteiger partial charge in [-0.3, -0.25) is 9.59 Å². The molecule has 3 atom stereocenters. The molecular formula is C26H34N2O6. The van der Waals surface area contributed by atoms with E-state index in [1.165, 1.54) is 4.90 Å². The number of nitrogens with one attached hydrogen (secondary N) is 1. The number of amides is 2. The van der Waals surface area contributed by atoms with Crippen molar-refractivity contribution in [2.24, 2.45) is 5.41 Å². The number of hydrogen-bond acceptors (Lipinski definition) is 6. The zero-order valence-corrected chi connectivity index (χ0v) is 20.2. The summed E-state index contributed by atoms with van der Waals surface area (Å²) in [5.41, 5.74) is 1.22. The zero-order valence-electron chi connectivity index (χ0n) is 20.2. The Hall–Kier alpha value is -2.94. The maximum absolute atomic E-state index is 12.9. The van der Waals surface area contributed by atoms with Gasteiger partial charge in [0.2, 0.25) is 5.91 Å². The maximum Gasteiger partial charge on any atom is 0.251 e. The van der Waals surface area contributed by atoms with Gasteiger partial charge in [0.05, 0.1) is 13.7 Å². The predicted octanol–water partition coefficient (Wildman–Crippen LogP) is 2.66. The summed E-state index contributed by atoms with van der Waals surface area (Å²) in [6.45, 7) is 4.69. The highest BCUT2D eigenvalue weighted by Gasteiger charge is 2.43. The molecule has 0 spiro atoms. The molecule has 2 unspecified atom stereocenters. The second-order valence-corrected chi connectivity index (χ2v) is 9.20. The molecule has 8 heteroatoms. The third-order valence-corrected chi connectivity index (χ3v) is 5.84. The van der Waals surface area contributed by atoms with Crippen LogP contribution in [0.15, 0.2) is 54.6 Å². The minimum Gasteiger partial charge on any atom is -0.497 e. The largest absolute Gasteiger partial charge is 0.497 e. The summed E-state index contributed by atoms with van der Waals surface area (Å²) >= 11 is 0. The highest BCUT2D eigenvalue weighted by molar-refractivity contribution is 5.82. The van der Waals surface area contributed by atoms with Crippen LogP contribution in [0.1, 0.15) is 37.7 Å². The van der Waals surface area contributed by atoms with Crippen LogP contribution in [0, 0.1) is 5.41 Å². The summed E-state index contributed by atoms with van der Waals surface area (Å²) in [5.74, 6) is 0.0288. The average molecular weight is 471 g/mol. The van der Waals surface area contributed by atoms with Crippen molar-refractivity contribution in [3.63, 3.8) is 0 Å². The van der Waals surface area contributed by atoms with Gasteiger partial charge in [0, 0.05) is 31.1 Å². The molecule has 1 saturated heterocycles. The molecule has 1 fully saturated rings. The molecule has 0 saturated carbocycles. The van der Waals surface area contributed by atoms with E-state index in [9.17, 15) is 14.7 Å². The number of hydrogen-bond donors (Lipinski definition) is 2. The number of likely N-dealkylation sites (N-methyl/N-ethyl adjacent to an activating group) is 1. The first kappa shape index (κ1) is 25.7. The highest BCUT2D eigenvalue weighted by Crippen LogP contribution is 2.36. The molecule has 34 heavy (non-hydrogen) atoms. The van der Waals surface area contributed by atoms with Crippen LogP contribution in [0.3, 0.4) is 0 Å². The Morgan fingerprint density at radius 2 is 1.85 bits per heavy atom. The van der Waals surface area contributed by atoms with Gasteiger partial charge in [-0.15, -0.1) is 0 Å². The normalized spacial score (nSPS) is 20.3. The summed E-state index contributed by atoms with van der Waals surface area (Å²) in [6, 6.07) is 16.9. The lowest BCUT2D eigenvalue weighted by Crippen LogP contribution is -2.52. The summed E-state index contributed by atoms with van der Waals surface area (Å²) in [4.78, 5) is 26.9. The Morgan fingerprint density at radius 3 is 2.50 bits per heavy atom. The van der Waals surface area contributed by atoms with Crippen molar-refractivity contribution in [1.29, 1.82) is 0 Å². The number of aliphatic hydroxyl groups excluding tert-OH is 1. The van der Waals surface area contributed by atoms with Gasteiger partial charge < -0.3 is 29.5 Å². The second kappa shape index (κ2) is 11.5. The minimum atomic E-state index is -1.20. The van der Waals surface area contributed by atoms with Gasteiger partial charge in [0.15, 0.2) is 6.29 Å². The fourth-order valence-electron chi connectivity index (χ4n) is 3.80. The topological polar surface area (TPSA) is 97.3 Å². The van der Waals surface area contributed by atoms with E-state index in [0.29, 0.717) is 13.2 Å². The molecule has 0 radical (unpaired) electrons. The number of rotatable bonds is 9. The lowest BCUT2D eigenvalue weighted by molar-refractivity contribution is -0.258. The fraction of sp³-hybridized carbons (Fsp3) is 0.462. The van der Waals surface area contributed by atoms with Gasteiger partial charge in [-0.2, -0.15) is 0 Å². The fourth-order valence-corrected chi connectivity index (χ4v) is 3.80. The number of carbonyl (C=O) groups excluding carboxylic acids is 2. The Labute approximate surface area is 200 Å². The Kier molecular flexibility index (Phi) is 8.66. The first-order valence-electron chi connectivity index (χ1n) is 11.4. The lowest BCUT2D eigenvalue weighted by Gasteiger charge is -2.41. The van der Waals surface area contributed by atoms with Gasteiger partial charge in [0.25, 0.3) is 5.91 Å². The number of aliphatic hydroxyl groups is 1. The average Bonchev–Trinajstić information content (AvgIpc) is 2.84. The molecule has 0 bridgehead atoms. The van der Waals surface area contributed by atoms with Crippen molar-refractivity contribution < 1.29 is 28.9 Å². The first-order chi connectivity index (χ1) is 16.2. The van der Waals surface area contributed by atoms with Crippen molar-refractivity contribution in [3.8, 4) is 5.75 Å². The van der Waals surface area contributed by atoms with Crippen molar-refractivity contribution in [1.82, 2.24) is 10.2 Å². The van der Waals surface area contributed by atoms with Crippen molar-refractivity contribution in [2.45, 2.75) is 45.3 Å². The number of ether oxygens (including phenoxy) is 3. The third-order valence-electron chi connectivity index (χ3n) is 5.84. The summed E-state index contributed by atoms with van der Waals surface area (Å²) < 4.78 is 17.0. The molecule has 8 nitrogen and oxygen atoms in total. The highest BCUT2D eigenvalue weighted by atomic mass is 16.7. The van der Waals surface area contributed by atoms with E-state index in [-0.39, 0.29) is 24.8 Å². The molecule has 184 valence electrons. The standard InChI is InChI=1S/C26H34N2O6/c1-26(2)17-33-25(19-10-12-20(32-4)13-11-19)34-22(26)23(30)27-15-14-21(29)24(31)28(3)16-18-8-6-5-7-9-18/h5-13,21-22,25,29H,14-17H2,1-4H3,(H,27,30)/t21?,22-,25?/m0/s1. The summed E-state index contributed by atoms with van der Waals surface area (Å²) in [7, 11) is 3.24. The van der Waals surface area contributed by atoms with Gasteiger partial charge >= 0.3 is 0 Å². The summed E-state index contributed by atoms with van der Waals surface area (Å²) in [6.07, 6.45) is -2.52. The first-order valence-corrected chi connectivity index (χ1v) is 11.4. The van der Waals surface area contributed by atoms with Crippen LogP contribution >= 0.6 is 0 Å². The Morgan fingerprint density at radius 1 is 1.18 bits per heavy atom. The number of methoxy groups -OCH3 is 1. The number of carbonyl (C=O) groups is 2.